The Bertz CT molecular complexity index is 998. The zero-order valence-corrected chi connectivity index (χ0v) is 17.3. The Morgan fingerprint density at radius 2 is 1.90 bits per heavy atom. The minimum absolute atomic E-state index is 0.123. The van der Waals surface area contributed by atoms with Crippen LogP contribution in [0.15, 0.2) is 53.4 Å². The van der Waals surface area contributed by atoms with Gasteiger partial charge < -0.3 is 10.5 Å². The van der Waals surface area contributed by atoms with Crippen molar-refractivity contribution in [2.45, 2.75) is 43.4 Å². The normalized spacial score (nSPS) is 21.2. The van der Waals surface area contributed by atoms with Crippen molar-refractivity contribution in [3.63, 3.8) is 0 Å². The van der Waals surface area contributed by atoms with Crippen LogP contribution in [0.25, 0.3) is 0 Å². The first kappa shape index (κ1) is 22.3. The molecule has 0 spiro atoms. The lowest BCUT2D eigenvalue weighted by atomic mass is 9.99. The molecule has 1 aliphatic rings. The smallest absolute Gasteiger partial charge is 0.324 e. The van der Waals surface area contributed by atoms with Crippen LogP contribution in [0.2, 0.25) is 0 Å². The largest absolute Gasteiger partial charge is 0.444 e. The van der Waals surface area contributed by atoms with E-state index >= 15 is 0 Å². The molecular weight excluding hydrogens is 414 g/mol. The molecule has 162 valence electrons. The summed E-state index contributed by atoms with van der Waals surface area (Å²) in [5.74, 6) is -1.69. The molecule has 9 heteroatoms. The number of carbonyl (C=O) groups excluding carboxylic acids is 1. The van der Waals surface area contributed by atoms with E-state index in [1.165, 1.54) is 36.4 Å². The average Bonchev–Trinajstić information content (AvgIpc) is 2.69. The van der Waals surface area contributed by atoms with Crippen molar-refractivity contribution in [2.75, 3.05) is 6.54 Å². The number of hydrogen-bond donors (Lipinski definition) is 1. The Kier molecular flexibility index (Phi) is 6.84. The number of benzene rings is 2. The lowest BCUT2D eigenvalue weighted by Gasteiger charge is -2.37. The monoisotopic (exact) mass is 438 g/mol. The van der Waals surface area contributed by atoms with Gasteiger partial charge >= 0.3 is 5.97 Å². The van der Waals surface area contributed by atoms with Crippen LogP contribution in [0.4, 0.5) is 8.78 Å². The predicted octanol–water partition coefficient (Wildman–Crippen LogP) is 2.82. The highest BCUT2D eigenvalue weighted by molar-refractivity contribution is 7.89. The van der Waals surface area contributed by atoms with Crippen molar-refractivity contribution >= 4 is 16.0 Å². The van der Waals surface area contributed by atoms with E-state index in [0.29, 0.717) is 18.4 Å². The van der Waals surface area contributed by atoms with E-state index in [1.807, 2.05) is 6.92 Å². The van der Waals surface area contributed by atoms with Gasteiger partial charge in [0, 0.05) is 13.0 Å². The van der Waals surface area contributed by atoms with Gasteiger partial charge in [-0.3, -0.25) is 4.79 Å². The molecule has 0 amide bonds. The van der Waals surface area contributed by atoms with E-state index in [2.05, 4.69) is 0 Å². The molecule has 2 N–H and O–H groups in total. The predicted molar refractivity (Wildman–Crippen MR) is 107 cm³/mol. The second-order valence-electron chi connectivity index (χ2n) is 7.53. The fourth-order valence-corrected chi connectivity index (χ4v) is 4.96. The number of piperidine rings is 1. The van der Waals surface area contributed by atoms with Gasteiger partial charge in [-0.25, -0.2) is 17.2 Å². The number of ether oxygens (including phenoxy) is 1. The summed E-state index contributed by atoms with van der Waals surface area (Å²) in [6.07, 6.45) is -0.0139. The van der Waals surface area contributed by atoms with Gasteiger partial charge in [-0.05, 0) is 54.7 Å². The third-order valence-electron chi connectivity index (χ3n) is 5.09. The molecule has 2 unspecified atom stereocenters. The van der Waals surface area contributed by atoms with Gasteiger partial charge in [0.15, 0.2) is 6.23 Å². The first-order valence-corrected chi connectivity index (χ1v) is 11.1. The summed E-state index contributed by atoms with van der Waals surface area (Å²) in [4.78, 5) is 12.3. The van der Waals surface area contributed by atoms with Crippen LogP contribution < -0.4 is 5.73 Å². The van der Waals surface area contributed by atoms with Crippen LogP contribution in [-0.4, -0.2) is 37.5 Å². The lowest BCUT2D eigenvalue weighted by Crippen LogP contribution is -2.49. The SMILES string of the molecule is CC1CCN(S(=O)(=O)c2cccc(F)c2)C(OC(=O)[C@@H](N)Cc2ccc(F)cc2)C1. The van der Waals surface area contributed by atoms with Gasteiger partial charge in [0.05, 0.1) is 4.90 Å². The Balaban J connectivity index is 1.75. The third-order valence-corrected chi connectivity index (χ3v) is 6.98. The molecule has 30 heavy (non-hydrogen) atoms. The van der Waals surface area contributed by atoms with E-state index in [1.54, 1.807) is 0 Å². The molecule has 2 aromatic carbocycles. The molecule has 0 radical (unpaired) electrons. The molecule has 1 fully saturated rings. The molecule has 3 atom stereocenters. The van der Waals surface area contributed by atoms with E-state index in [4.69, 9.17) is 10.5 Å². The van der Waals surface area contributed by atoms with E-state index < -0.39 is 39.9 Å². The van der Waals surface area contributed by atoms with Crippen molar-refractivity contribution < 1.29 is 26.7 Å². The van der Waals surface area contributed by atoms with Crippen molar-refractivity contribution in [2.24, 2.45) is 11.7 Å². The Morgan fingerprint density at radius 3 is 2.57 bits per heavy atom. The minimum atomic E-state index is -4.06. The number of sulfonamides is 1. The van der Waals surface area contributed by atoms with Gasteiger partial charge in [0.25, 0.3) is 0 Å². The fourth-order valence-electron chi connectivity index (χ4n) is 3.40. The summed E-state index contributed by atoms with van der Waals surface area (Å²) in [7, 11) is -4.06. The summed E-state index contributed by atoms with van der Waals surface area (Å²) >= 11 is 0. The van der Waals surface area contributed by atoms with Crippen LogP contribution in [0.1, 0.15) is 25.3 Å². The van der Waals surface area contributed by atoms with Gasteiger partial charge in [0.2, 0.25) is 10.0 Å². The Morgan fingerprint density at radius 1 is 1.20 bits per heavy atom. The Labute approximate surface area is 174 Å². The maximum Gasteiger partial charge on any atom is 0.324 e. The van der Waals surface area contributed by atoms with Gasteiger partial charge in [-0.2, -0.15) is 4.31 Å². The van der Waals surface area contributed by atoms with Crippen molar-refractivity contribution in [3.8, 4) is 0 Å². The highest BCUT2D eigenvalue weighted by Crippen LogP contribution is 2.29. The van der Waals surface area contributed by atoms with Crippen LogP contribution in [-0.2, 0) is 26.0 Å². The number of esters is 1. The van der Waals surface area contributed by atoms with E-state index in [-0.39, 0.29) is 23.8 Å². The molecule has 0 saturated carbocycles. The second-order valence-corrected chi connectivity index (χ2v) is 9.42. The summed E-state index contributed by atoms with van der Waals surface area (Å²) in [6.45, 7) is 2.08. The number of halogens is 2. The zero-order valence-electron chi connectivity index (χ0n) is 16.5. The zero-order chi connectivity index (χ0) is 21.9. The molecule has 0 aromatic heterocycles. The second kappa shape index (κ2) is 9.20. The molecule has 0 bridgehead atoms. The van der Waals surface area contributed by atoms with Crippen molar-refractivity contribution in [3.05, 3.63) is 65.7 Å². The average molecular weight is 438 g/mol. The highest BCUT2D eigenvalue weighted by Gasteiger charge is 2.38. The maximum atomic E-state index is 13.6. The van der Waals surface area contributed by atoms with Crippen LogP contribution >= 0.6 is 0 Å². The molecule has 3 rings (SSSR count). The molecule has 1 heterocycles. The van der Waals surface area contributed by atoms with Gasteiger partial charge in [-0.1, -0.05) is 25.1 Å². The molecular formula is C21H24F2N2O4S. The summed E-state index contributed by atoms with van der Waals surface area (Å²) in [6, 6.07) is 9.25. The summed E-state index contributed by atoms with van der Waals surface area (Å²) in [5, 5.41) is 0. The highest BCUT2D eigenvalue weighted by atomic mass is 32.2. The lowest BCUT2D eigenvalue weighted by molar-refractivity contribution is -0.159. The fraction of sp³-hybridized carbons (Fsp3) is 0.381. The first-order valence-electron chi connectivity index (χ1n) is 9.65. The minimum Gasteiger partial charge on any atom is -0.444 e. The molecule has 1 saturated heterocycles. The van der Waals surface area contributed by atoms with Crippen LogP contribution in [0.3, 0.4) is 0 Å². The third kappa shape index (κ3) is 5.21. The van der Waals surface area contributed by atoms with E-state index in [0.717, 1.165) is 16.4 Å². The number of nitrogens with two attached hydrogens (primary N) is 1. The summed E-state index contributed by atoms with van der Waals surface area (Å²) in [5.41, 5.74) is 6.59. The maximum absolute atomic E-state index is 13.6. The number of nitrogens with zero attached hydrogens (tertiary/aromatic N) is 1. The van der Waals surface area contributed by atoms with E-state index in [9.17, 15) is 22.0 Å². The number of hydrogen-bond acceptors (Lipinski definition) is 5. The summed E-state index contributed by atoms with van der Waals surface area (Å²) < 4.78 is 59.2. The quantitative estimate of drug-likeness (QED) is 0.701. The number of rotatable bonds is 6. The van der Waals surface area contributed by atoms with Crippen LogP contribution in [0.5, 0.6) is 0 Å². The number of carbonyl (C=O) groups is 1. The first-order chi connectivity index (χ1) is 14.2. The molecule has 6 nitrogen and oxygen atoms in total. The topological polar surface area (TPSA) is 89.7 Å². The van der Waals surface area contributed by atoms with Gasteiger partial charge in [-0.15, -0.1) is 0 Å². The van der Waals surface area contributed by atoms with Crippen molar-refractivity contribution in [1.29, 1.82) is 0 Å². The standard InChI is InChI=1S/C21H24F2N2O4S/c1-14-9-10-25(30(27,28)18-4-2-3-17(23)13-18)20(11-14)29-21(26)19(24)12-15-5-7-16(22)8-6-15/h2-8,13-14,19-20H,9-12,24H2,1H3/t14?,19-,20?/m0/s1. The Hall–Kier alpha value is -2.36. The van der Waals surface area contributed by atoms with Crippen molar-refractivity contribution in [1.82, 2.24) is 4.31 Å². The van der Waals surface area contributed by atoms with Crippen LogP contribution in [0, 0.1) is 17.6 Å². The molecule has 2 aromatic rings. The van der Waals surface area contributed by atoms with Gasteiger partial charge in [0.1, 0.15) is 17.7 Å². The molecule has 1 aliphatic heterocycles. The molecule has 0 aliphatic carbocycles.